The number of benzene rings is 1. The molecule has 0 nitrogen and oxygen atoms in total. The minimum absolute atomic E-state index is 0.559. The van der Waals surface area contributed by atoms with Crippen LogP contribution in [0.4, 0.5) is 0 Å². The van der Waals surface area contributed by atoms with Crippen LogP contribution >= 0.6 is 7.26 Å². The standard InChI is InChI=1S/C18H30P/c1-17(2)13-9-14-18(3,4)19(17,5)15-12-16-10-7-6-8-11-16/h6-8,10-11H,9,12-15H2,1-5H3/q+1. The molecule has 0 unspecified atom stereocenters. The van der Waals surface area contributed by atoms with Gasteiger partial charge in [0.15, 0.2) is 0 Å². The Morgan fingerprint density at radius 1 is 0.947 bits per heavy atom. The third kappa shape index (κ3) is 2.75. The predicted octanol–water partition coefficient (Wildman–Crippen LogP) is 5.62. The van der Waals surface area contributed by atoms with Crippen LogP contribution in [0, 0.1) is 0 Å². The fourth-order valence-electron chi connectivity index (χ4n) is 3.87. The normalized spacial score (nSPS) is 24.1. The molecule has 0 atom stereocenters. The lowest BCUT2D eigenvalue weighted by Crippen LogP contribution is -2.43. The lowest BCUT2D eigenvalue weighted by atomic mass is 9.98. The zero-order valence-corrected chi connectivity index (χ0v) is 14.3. The van der Waals surface area contributed by atoms with E-state index >= 15 is 0 Å². The van der Waals surface area contributed by atoms with Gasteiger partial charge in [-0.25, -0.2) is 0 Å². The van der Waals surface area contributed by atoms with Gasteiger partial charge in [-0.2, -0.15) is 0 Å². The summed E-state index contributed by atoms with van der Waals surface area (Å²) in [4.78, 5) is 0. The summed E-state index contributed by atoms with van der Waals surface area (Å²) in [6, 6.07) is 11.0. The Balaban J connectivity index is 2.18. The number of rotatable bonds is 3. The fraction of sp³-hybridized carbons (Fsp3) is 0.667. The molecule has 0 aliphatic carbocycles. The Labute approximate surface area is 120 Å². The highest BCUT2D eigenvalue weighted by Crippen LogP contribution is 2.78. The van der Waals surface area contributed by atoms with E-state index in [4.69, 9.17) is 0 Å². The number of aryl methyl sites for hydroxylation is 1. The van der Waals surface area contributed by atoms with Gasteiger partial charge < -0.3 is 0 Å². The van der Waals surface area contributed by atoms with Crippen LogP contribution in [-0.2, 0) is 6.42 Å². The summed E-state index contributed by atoms with van der Waals surface area (Å²) in [5.41, 5.74) is 1.51. The largest absolute Gasteiger partial charge is 0.0746 e. The quantitative estimate of drug-likeness (QED) is 0.629. The summed E-state index contributed by atoms with van der Waals surface area (Å²) in [5.74, 6) is 0. The second kappa shape index (κ2) is 5.21. The first-order valence-corrected chi connectivity index (χ1v) is 10.1. The molecule has 1 aliphatic heterocycles. The first kappa shape index (κ1) is 15.0. The van der Waals surface area contributed by atoms with Crippen molar-refractivity contribution in [3.05, 3.63) is 35.9 Å². The Morgan fingerprint density at radius 3 is 2.00 bits per heavy atom. The van der Waals surface area contributed by atoms with E-state index in [-0.39, 0.29) is 0 Å². The third-order valence-electron chi connectivity index (χ3n) is 5.94. The van der Waals surface area contributed by atoms with Gasteiger partial charge in [0, 0.05) is 20.3 Å². The van der Waals surface area contributed by atoms with E-state index in [0.29, 0.717) is 10.3 Å². The van der Waals surface area contributed by atoms with Gasteiger partial charge >= 0.3 is 0 Å². The molecule has 0 spiro atoms. The molecule has 1 heterocycles. The monoisotopic (exact) mass is 277 g/mol. The first-order valence-electron chi connectivity index (χ1n) is 7.68. The second-order valence-electron chi connectivity index (χ2n) is 7.63. The van der Waals surface area contributed by atoms with E-state index in [1.807, 2.05) is 0 Å². The van der Waals surface area contributed by atoms with Crippen LogP contribution in [0.1, 0.15) is 52.5 Å². The third-order valence-corrected chi connectivity index (χ3v) is 12.8. The molecular formula is C18H30P+. The van der Waals surface area contributed by atoms with Crippen LogP contribution in [0.25, 0.3) is 0 Å². The van der Waals surface area contributed by atoms with Crippen LogP contribution in [0.3, 0.4) is 0 Å². The molecular weight excluding hydrogens is 247 g/mol. The first-order chi connectivity index (χ1) is 8.79. The van der Waals surface area contributed by atoms with Gasteiger partial charge in [0.05, 0.1) is 16.5 Å². The lowest BCUT2D eigenvalue weighted by Gasteiger charge is -2.52. The summed E-state index contributed by atoms with van der Waals surface area (Å²) >= 11 is 0. The van der Waals surface area contributed by atoms with Gasteiger partial charge in [-0.1, -0.05) is 30.3 Å². The van der Waals surface area contributed by atoms with Crippen molar-refractivity contribution in [3.8, 4) is 0 Å². The Kier molecular flexibility index (Phi) is 4.12. The van der Waals surface area contributed by atoms with E-state index in [9.17, 15) is 0 Å². The van der Waals surface area contributed by atoms with Gasteiger partial charge in [0.1, 0.15) is 0 Å². The maximum atomic E-state index is 2.65. The molecule has 0 amide bonds. The summed E-state index contributed by atoms with van der Waals surface area (Å²) in [7, 11) is -0.935. The van der Waals surface area contributed by atoms with Crippen molar-refractivity contribution >= 4 is 7.26 Å². The molecule has 106 valence electrons. The summed E-state index contributed by atoms with van der Waals surface area (Å²) in [5, 5.41) is 1.12. The van der Waals surface area contributed by atoms with Crippen molar-refractivity contribution in [2.24, 2.45) is 0 Å². The summed E-state index contributed by atoms with van der Waals surface area (Å²) < 4.78 is 0. The van der Waals surface area contributed by atoms with Crippen LogP contribution < -0.4 is 0 Å². The molecule has 0 bridgehead atoms. The molecule has 1 aromatic carbocycles. The summed E-state index contributed by atoms with van der Waals surface area (Å²) in [6.45, 7) is 12.8. The average molecular weight is 277 g/mol. The van der Waals surface area contributed by atoms with Crippen LogP contribution in [0.2, 0.25) is 0 Å². The van der Waals surface area contributed by atoms with Gasteiger partial charge in [0.2, 0.25) is 0 Å². The van der Waals surface area contributed by atoms with Crippen LogP contribution in [-0.4, -0.2) is 23.1 Å². The van der Waals surface area contributed by atoms with E-state index in [2.05, 4.69) is 64.7 Å². The van der Waals surface area contributed by atoms with Crippen molar-refractivity contribution in [3.63, 3.8) is 0 Å². The maximum Gasteiger partial charge on any atom is 0.0746 e. The molecule has 19 heavy (non-hydrogen) atoms. The van der Waals surface area contributed by atoms with Crippen LogP contribution in [0.15, 0.2) is 30.3 Å². The number of hydrogen-bond donors (Lipinski definition) is 0. The highest BCUT2D eigenvalue weighted by molar-refractivity contribution is 7.78. The van der Waals surface area contributed by atoms with E-state index in [1.165, 1.54) is 37.4 Å². The second-order valence-corrected chi connectivity index (χ2v) is 12.9. The molecule has 1 saturated heterocycles. The topological polar surface area (TPSA) is 0 Å². The summed E-state index contributed by atoms with van der Waals surface area (Å²) in [6.07, 6.45) is 6.95. The van der Waals surface area contributed by atoms with Crippen molar-refractivity contribution in [2.45, 2.75) is 63.7 Å². The molecule has 1 aliphatic rings. The Hall–Kier alpha value is -0.350. The number of hydrogen-bond acceptors (Lipinski definition) is 0. The zero-order valence-electron chi connectivity index (χ0n) is 13.4. The zero-order chi connectivity index (χ0) is 14.1. The SMILES string of the molecule is CC1(C)CCCC(C)(C)[P+]1(C)CCc1ccccc1. The molecule has 1 aromatic rings. The Morgan fingerprint density at radius 2 is 1.47 bits per heavy atom. The molecule has 2 rings (SSSR count). The van der Waals surface area contributed by atoms with Crippen LogP contribution in [0.5, 0.6) is 0 Å². The molecule has 0 radical (unpaired) electrons. The van der Waals surface area contributed by atoms with Crippen molar-refractivity contribution in [1.82, 2.24) is 0 Å². The molecule has 0 aromatic heterocycles. The van der Waals surface area contributed by atoms with Gasteiger partial charge in [-0.05, 0) is 52.5 Å². The highest BCUT2D eigenvalue weighted by atomic mass is 31.2. The minimum atomic E-state index is -0.935. The highest BCUT2D eigenvalue weighted by Gasteiger charge is 2.59. The molecule has 1 heteroatoms. The maximum absolute atomic E-state index is 2.65. The van der Waals surface area contributed by atoms with E-state index in [1.54, 1.807) is 0 Å². The smallest absolute Gasteiger partial charge is 0.0622 e. The van der Waals surface area contributed by atoms with Crippen molar-refractivity contribution < 1.29 is 0 Å². The lowest BCUT2D eigenvalue weighted by molar-refractivity contribution is 0.456. The van der Waals surface area contributed by atoms with E-state index in [0.717, 1.165) is 0 Å². The molecule has 1 fully saturated rings. The molecule has 0 N–H and O–H groups in total. The Bertz CT molecular complexity index is 401. The van der Waals surface area contributed by atoms with Gasteiger partial charge in [-0.15, -0.1) is 0 Å². The molecule has 0 saturated carbocycles. The predicted molar refractivity (Wildman–Crippen MR) is 89.9 cm³/mol. The van der Waals surface area contributed by atoms with Gasteiger partial charge in [0.25, 0.3) is 0 Å². The minimum Gasteiger partial charge on any atom is -0.0622 e. The van der Waals surface area contributed by atoms with E-state index < -0.39 is 7.26 Å². The van der Waals surface area contributed by atoms with Gasteiger partial charge in [-0.3, -0.25) is 0 Å². The van der Waals surface area contributed by atoms with Crippen molar-refractivity contribution in [1.29, 1.82) is 0 Å². The van der Waals surface area contributed by atoms with Crippen molar-refractivity contribution in [2.75, 3.05) is 12.8 Å². The fourth-order valence-corrected chi connectivity index (χ4v) is 8.73. The average Bonchev–Trinajstić information content (AvgIpc) is 2.35.